The Bertz CT molecular complexity index is 532. The van der Waals surface area contributed by atoms with Crippen LogP contribution in [0.2, 0.25) is 0 Å². The van der Waals surface area contributed by atoms with Gasteiger partial charge in [0.25, 0.3) is 5.56 Å². The van der Waals surface area contributed by atoms with Crippen molar-refractivity contribution in [1.29, 1.82) is 0 Å². The Morgan fingerprint density at radius 2 is 2.41 bits per heavy atom. The highest BCUT2D eigenvalue weighted by Crippen LogP contribution is 2.10. The third-order valence-electron chi connectivity index (χ3n) is 2.21. The third kappa shape index (κ3) is 2.43. The predicted molar refractivity (Wildman–Crippen MR) is 60.8 cm³/mol. The van der Waals surface area contributed by atoms with Crippen molar-refractivity contribution in [3.05, 3.63) is 46.5 Å². The van der Waals surface area contributed by atoms with Crippen LogP contribution < -0.4 is 5.56 Å². The number of H-pyrrole nitrogens is 1. The second kappa shape index (κ2) is 4.94. The van der Waals surface area contributed by atoms with Gasteiger partial charge in [0.05, 0.1) is 5.69 Å². The minimum Gasteiger partial charge on any atom is -0.363 e. The van der Waals surface area contributed by atoms with Gasteiger partial charge in [-0.2, -0.15) is 0 Å². The molecule has 0 fully saturated rings. The van der Waals surface area contributed by atoms with Gasteiger partial charge >= 0.3 is 0 Å². The van der Waals surface area contributed by atoms with Crippen molar-refractivity contribution in [3.8, 4) is 5.82 Å². The number of rotatable bonds is 4. The maximum Gasteiger partial charge on any atom is 0.273 e. The number of ether oxygens (including phenoxy) is 1. The Kier molecular flexibility index (Phi) is 3.36. The highest BCUT2D eigenvalue weighted by Gasteiger charge is 2.12. The van der Waals surface area contributed by atoms with Gasteiger partial charge in [-0.15, -0.1) is 0 Å². The normalized spacial score (nSPS) is 12.6. The average molecular weight is 235 g/mol. The van der Waals surface area contributed by atoms with Crippen LogP contribution in [-0.2, 0) is 4.74 Å². The number of aromatic amines is 1. The van der Waals surface area contributed by atoms with Gasteiger partial charge in [-0.25, -0.2) is 9.67 Å². The fourth-order valence-electron chi connectivity index (χ4n) is 1.44. The van der Waals surface area contributed by atoms with Crippen LogP contribution in [0.3, 0.4) is 0 Å². The highest BCUT2D eigenvalue weighted by atomic mass is 16.6. The molecule has 0 aliphatic rings. The van der Waals surface area contributed by atoms with Crippen LogP contribution in [0.4, 0.5) is 0 Å². The first-order valence-electron chi connectivity index (χ1n) is 5.25. The van der Waals surface area contributed by atoms with Crippen molar-refractivity contribution in [2.75, 3.05) is 6.61 Å². The van der Waals surface area contributed by atoms with Crippen LogP contribution in [0.25, 0.3) is 5.82 Å². The van der Waals surface area contributed by atoms with E-state index in [-0.39, 0.29) is 5.56 Å². The second-order valence-electron chi connectivity index (χ2n) is 3.38. The van der Waals surface area contributed by atoms with Crippen molar-refractivity contribution in [2.24, 2.45) is 0 Å². The number of aliphatic hydroxyl groups is 1. The van der Waals surface area contributed by atoms with Gasteiger partial charge in [0.2, 0.25) is 0 Å². The molecule has 0 bridgehead atoms. The lowest BCUT2D eigenvalue weighted by Gasteiger charge is -2.07. The van der Waals surface area contributed by atoms with Crippen LogP contribution >= 0.6 is 0 Å². The quantitative estimate of drug-likeness (QED) is 0.760. The van der Waals surface area contributed by atoms with Crippen LogP contribution in [0.15, 0.2) is 35.3 Å². The van der Waals surface area contributed by atoms with E-state index in [2.05, 4.69) is 10.1 Å². The van der Waals surface area contributed by atoms with Crippen molar-refractivity contribution < 1.29 is 9.84 Å². The van der Waals surface area contributed by atoms with E-state index in [4.69, 9.17) is 4.74 Å². The van der Waals surface area contributed by atoms with E-state index in [1.54, 1.807) is 31.3 Å². The maximum absolute atomic E-state index is 11.7. The topological polar surface area (TPSA) is 80.1 Å². The van der Waals surface area contributed by atoms with Crippen molar-refractivity contribution in [3.63, 3.8) is 0 Å². The zero-order valence-corrected chi connectivity index (χ0v) is 9.33. The summed E-state index contributed by atoms with van der Waals surface area (Å²) in [4.78, 5) is 15.7. The lowest BCUT2D eigenvalue weighted by molar-refractivity contribution is -0.101. The number of pyridine rings is 1. The molecule has 90 valence electrons. The van der Waals surface area contributed by atoms with Crippen molar-refractivity contribution in [2.45, 2.75) is 13.2 Å². The molecular weight excluding hydrogens is 222 g/mol. The molecule has 0 radical (unpaired) electrons. The summed E-state index contributed by atoms with van der Waals surface area (Å²) in [5.74, 6) is 0.465. The fourth-order valence-corrected chi connectivity index (χ4v) is 1.44. The fraction of sp³-hybridized carbons (Fsp3) is 0.273. The minimum absolute atomic E-state index is 0.294. The molecule has 1 atom stereocenters. The second-order valence-corrected chi connectivity index (χ2v) is 3.38. The predicted octanol–water partition coefficient (Wildman–Crippen LogP) is 0.588. The Balaban J connectivity index is 2.35. The number of hydrogen-bond acceptors (Lipinski definition) is 4. The van der Waals surface area contributed by atoms with E-state index < -0.39 is 6.29 Å². The van der Waals surface area contributed by atoms with Crippen LogP contribution in [0.1, 0.15) is 18.9 Å². The number of nitrogens with zero attached hydrogens (tertiary/aromatic N) is 2. The first-order valence-corrected chi connectivity index (χ1v) is 5.25. The summed E-state index contributed by atoms with van der Waals surface area (Å²) < 4.78 is 6.23. The SMILES string of the molecule is CCOC(O)c1cc(=O)n(-c2ccccn2)[nH]1. The van der Waals surface area contributed by atoms with Gasteiger partial charge in [-0.1, -0.05) is 6.07 Å². The molecule has 17 heavy (non-hydrogen) atoms. The first kappa shape index (κ1) is 11.6. The van der Waals surface area contributed by atoms with E-state index >= 15 is 0 Å². The average Bonchev–Trinajstić information content (AvgIpc) is 2.73. The first-order chi connectivity index (χ1) is 8.22. The molecule has 2 rings (SSSR count). The smallest absolute Gasteiger partial charge is 0.273 e. The van der Waals surface area contributed by atoms with Gasteiger partial charge in [-0.05, 0) is 19.1 Å². The van der Waals surface area contributed by atoms with E-state index in [1.807, 2.05) is 0 Å². The van der Waals surface area contributed by atoms with Gasteiger partial charge in [0, 0.05) is 18.9 Å². The molecule has 2 aromatic heterocycles. The molecular formula is C11H13N3O3. The van der Waals surface area contributed by atoms with E-state index in [1.165, 1.54) is 10.7 Å². The number of nitrogens with one attached hydrogen (secondary N) is 1. The Morgan fingerprint density at radius 3 is 3.06 bits per heavy atom. The summed E-state index contributed by atoms with van der Waals surface area (Å²) in [7, 11) is 0. The number of aromatic nitrogens is 3. The number of hydrogen-bond donors (Lipinski definition) is 2. The maximum atomic E-state index is 11.7. The van der Waals surface area contributed by atoms with Crippen LogP contribution in [-0.4, -0.2) is 26.5 Å². The molecule has 0 aliphatic carbocycles. The molecule has 0 saturated carbocycles. The Labute approximate surface area is 97.5 Å². The molecule has 6 heteroatoms. The summed E-state index contributed by atoms with van der Waals surface area (Å²) in [6.45, 7) is 2.12. The van der Waals surface area contributed by atoms with E-state index in [0.717, 1.165) is 0 Å². The molecule has 2 aromatic rings. The summed E-state index contributed by atoms with van der Waals surface area (Å²) in [6.07, 6.45) is 0.457. The lowest BCUT2D eigenvalue weighted by atomic mass is 10.4. The molecule has 1 unspecified atom stereocenters. The zero-order valence-electron chi connectivity index (χ0n) is 9.33. The van der Waals surface area contributed by atoms with Crippen LogP contribution in [0, 0.1) is 0 Å². The van der Waals surface area contributed by atoms with Gasteiger partial charge in [-0.3, -0.25) is 9.89 Å². The summed E-state index contributed by atoms with van der Waals surface area (Å²) >= 11 is 0. The van der Waals surface area contributed by atoms with Gasteiger partial charge in [0.1, 0.15) is 0 Å². The molecule has 0 aliphatic heterocycles. The highest BCUT2D eigenvalue weighted by molar-refractivity contribution is 5.21. The lowest BCUT2D eigenvalue weighted by Crippen LogP contribution is -2.14. The molecule has 6 nitrogen and oxygen atoms in total. The molecule has 2 N–H and O–H groups in total. The van der Waals surface area contributed by atoms with E-state index in [9.17, 15) is 9.90 Å². The summed E-state index contributed by atoms with van der Waals surface area (Å²) in [6, 6.07) is 6.51. The zero-order chi connectivity index (χ0) is 12.3. The molecule has 0 spiro atoms. The molecule has 0 aromatic carbocycles. The van der Waals surface area contributed by atoms with E-state index in [0.29, 0.717) is 18.1 Å². The Morgan fingerprint density at radius 1 is 1.59 bits per heavy atom. The standard InChI is InChI=1S/C11H13N3O3/c1-2-17-11(16)8-7-10(15)14(13-8)9-5-3-4-6-12-9/h3-7,11,13,16H,2H2,1H3. The summed E-state index contributed by atoms with van der Waals surface area (Å²) in [5, 5.41) is 12.3. The largest absolute Gasteiger partial charge is 0.363 e. The number of aliphatic hydroxyl groups excluding tert-OH is 1. The third-order valence-corrected chi connectivity index (χ3v) is 2.21. The summed E-state index contributed by atoms with van der Waals surface area (Å²) in [5.41, 5.74) is 0.0138. The molecule has 0 saturated heterocycles. The van der Waals surface area contributed by atoms with Crippen LogP contribution in [0.5, 0.6) is 0 Å². The van der Waals surface area contributed by atoms with Crippen molar-refractivity contribution in [1.82, 2.24) is 14.8 Å². The molecule has 2 heterocycles. The van der Waals surface area contributed by atoms with Gasteiger partial charge < -0.3 is 9.84 Å². The minimum atomic E-state index is -1.13. The Hall–Kier alpha value is -1.92. The van der Waals surface area contributed by atoms with Gasteiger partial charge in [0.15, 0.2) is 12.1 Å². The van der Waals surface area contributed by atoms with Crippen molar-refractivity contribution >= 4 is 0 Å². The molecule has 0 amide bonds. The monoisotopic (exact) mass is 235 g/mol.